The van der Waals surface area contributed by atoms with E-state index in [2.05, 4.69) is 33.3 Å². The summed E-state index contributed by atoms with van der Waals surface area (Å²) in [5.74, 6) is 0. The van der Waals surface area contributed by atoms with E-state index in [4.69, 9.17) is 23.2 Å². The highest BCUT2D eigenvalue weighted by atomic mass is 79.9. The third-order valence-electron chi connectivity index (χ3n) is 3.11. The lowest BCUT2D eigenvalue weighted by molar-refractivity contribution is 0.542. The van der Waals surface area contributed by atoms with Crippen molar-refractivity contribution in [1.29, 1.82) is 0 Å². The maximum absolute atomic E-state index is 6.43. The van der Waals surface area contributed by atoms with Gasteiger partial charge in [0.2, 0.25) is 0 Å². The minimum atomic E-state index is -0.0834. The van der Waals surface area contributed by atoms with Crippen molar-refractivity contribution in [2.45, 2.75) is 26.4 Å². The number of hydrogen-bond acceptors (Lipinski definition) is 2. The fourth-order valence-corrected chi connectivity index (χ4v) is 3.08. The molecule has 0 aliphatic carbocycles. The zero-order valence-corrected chi connectivity index (χ0v) is 14.4. The Hall–Kier alpha value is -0.550. The predicted molar refractivity (Wildman–Crippen MR) is 87.6 cm³/mol. The lowest BCUT2D eigenvalue weighted by Crippen LogP contribution is -2.25. The van der Waals surface area contributed by atoms with Crippen LogP contribution in [-0.2, 0) is 6.54 Å². The second kappa shape index (κ2) is 6.94. The molecule has 0 aliphatic rings. The summed E-state index contributed by atoms with van der Waals surface area (Å²) in [5.41, 5.74) is 1.93. The highest BCUT2D eigenvalue weighted by molar-refractivity contribution is 9.10. The Bertz CT molecular complexity index is 598. The third kappa shape index (κ3) is 3.03. The molecule has 0 fully saturated rings. The summed E-state index contributed by atoms with van der Waals surface area (Å²) in [7, 11) is 0. The molecule has 1 aromatic carbocycles. The molecule has 0 saturated carbocycles. The molecule has 2 rings (SSSR count). The van der Waals surface area contributed by atoms with Gasteiger partial charge in [-0.3, -0.25) is 4.68 Å². The number of aromatic nitrogens is 2. The van der Waals surface area contributed by atoms with Crippen LogP contribution in [0.4, 0.5) is 0 Å². The topological polar surface area (TPSA) is 29.9 Å². The number of aryl methyl sites for hydroxylation is 1. The molecule has 1 aromatic heterocycles. The van der Waals surface area contributed by atoms with Gasteiger partial charge in [0.25, 0.3) is 0 Å². The van der Waals surface area contributed by atoms with E-state index < -0.39 is 0 Å². The molecule has 0 radical (unpaired) electrons. The van der Waals surface area contributed by atoms with Gasteiger partial charge in [-0.1, -0.05) is 42.3 Å². The quantitative estimate of drug-likeness (QED) is 0.821. The molecule has 20 heavy (non-hydrogen) atoms. The summed E-state index contributed by atoms with van der Waals surface area (Å²) in [6, 6.07) is 5.81. The van der Waals surface area contributed by atoms with E-state index in [1.54, 1.807) is 6.20 Å². The van der Waals surface area contributed by atoms with Gasteiger partial charge >= 0.3 is 0 Å². The molecule has 3 nitrogen and oxygen atoms in total. The number of hydrogen-bond donors (Lipinski definition) is 1. The molecule has 0 spiro atoms. The number of nitrogens with one attached hydrogen (secondary N) is 1. The zero-order valence-electron chi connectivity index (χ0n) is 11.3. The molecule has 0 saturated heterocycles. The zero-order chi connectivity index (χ0) is 14.7. The van der Waals surface area contributed by atoms with Gasteiger partial charge in [0.1, 0.15) is 0 Å². The van der Waals surface area contributed by atoms with Crippen molar-refractivity contribution in [3.05, 3.63) is 50.2 Å². The van der Waals surface area contributed by atoms with Crippen LogP contribution in [-0.4, -0.2) is 16.3 Å². The van der Waals surface area contributed by atoms with Gasteiger partial charge in [-0.2, -0.15) is 5.10 Å². The lowest BCUT2D eigenvalue weighted by Gasteiger charge is -2.21. The van der Waals surface area contributed by atoms with E-state index >= 15 is 0 Å². The SMILES string of the molecule is CCNC(c1cccc(Br)c1Cl)c1c(Cl)cnn1CC. The van der Waals surface area contributed by atoms with Crippen molar-refractivity contribution >= 4 is 39.1 Å². The molecule has 0 aliphatic heterocycles. The van der Waals surface area contributed by atoms with E-state index in [1.165, 1.54) is 0 Å². The maximum atomic E-state index is 6.43. The smallest absolute Gasteiger partial charge is 0.0837 e. The molecule has 1 heterocycles. The van der Waals surface area contributed by atoms with Crippen LogP contribution in [0.15, 0.2) is 28.9 Å². The van der Waals surface area contributed by atoms with Crippen LogP contribution in [0.1, 0.15) is 31.1 Å². The van der Waals surface area contributed by atoms with Gasteiger partial charge in [0, 0.05) is 11.0 Å². The summed E-state index contributed by atoms with van der Waals surface area (Å²) < 4.78 is 2.77. The van der Waals surface area contributed by atoms with E-state index in [0.29, 0.717) is 10.0 Å². The van der Waals surface area contributed by atoms with Crippen molar-refractivity contribution in [3.8, 4) is 0 Å². The molecular formula is C14H16BrCl2N3. The molecule has 1 N–H and O–H groups in total. The second-order valence-electron chi connectivity index (χ2n) is 4.33. The largest absolute Gasteiger partial charge is 0.305 e. The first-order chi connectivity index (χ1) is 9.60. The molecular weight excluding hydrogens is 361 g/mol. The van der Waals surface area contributed by atoms with Crippen LogP contribution >= 0.6 is 39.1 Å². The Labute approximate surface area is 137 Å². The van der Waals surface area contributed by atoms with E-state index in [1.807, 2.05) is 29.8 Å². The van der Waals surface area contributed by atoms with E-state index in [9.17, 15) is 0 Å². The third-order valence-corrected chi connectivity index (χ3v) is 4.71. The van der Waals surface area contributed by atoms with Gasteiger partial charge in [0.15, 0.2) is 0 Å². The molecule has 0 amide bonds. The Morgan fingerprint density at radius 3 is 2.75 bits per heavy atom. The first-order valence-corrected chi connectivity index (χ1v) is 8.03. The number of halogens is 3. The van der Waals surface area contributed by atoms with Gasteiger partial charge in [0.05, 0.1) is 28.0 Å². The Morgan fingerprint density at radius 2 is 2.10 bits per heavy atom. The highest BCUT2D eigenvalue weighted by Crippen LogP contribution is 2.35. The molecule has 1 atom stereocenters. The Kier molecular flexibility index (Phi) is 5.49. The fourth-order valence-electron chi connectivity index (χ4n) is 2.21. The van der Waals surface area contributed by atoms with Crippen LogP contribution in [0.25, 0.3) is 0 Å². The van der Waals surface area contributed by atoms with Crippen molar-refractivity contribution in [3.63, 3.8) is 0 Å². The average molecular weight is 377 g/mol. The summed E-state index contributed by atoms with van der Waals surface area (Å²) in [5, 5.41) is 9.08. The van der Waals surface area contributed by atoms with Crippen LogP contribution in [0.5, 0.6) is 0 Å². The average Bonchev–Trinajstić information content (AvgIpc) is 2.81. The normalized spacial score (nSPS) is 12.7. The van der Waals surface area contributed by atoms with Crippen molar-refractivity contribution in [2.24, 2.45) is 0 Å². The Balaban J connectivity index is 2.56. The molecule has 1 unspecified atom stereocenters. The summed E-state index contributed by atoms with van der Waals surface area (Å²) in [4.78, 5) is 0. The number of rotatable bonds is 5. The monoisotopic (exact) mass is 375 g/mol. The van der Waals surface area contributed by atoms with Gasteiger partial charge in [-0.15, -0.1) is 0 Å². The Morgan fingerprint density at radius 1 is 1.35 bits per heavy atom. The minimum Gasteiger partial charge on any atom is -0.305 e. The molecule has 2 aromatic rings. The summed E-state index contributed by atoms with van der Waals surface area (Å²) >= 11 is 16.2. The highest BCUT2D eigenvalue weighted by Gasteiger charge is 2.23. The fraction of sp³-hybridized carbons (Fsp3) is 0.357. The van der Waals surface area contributed by atoms with Crippen molar-refractivity contribution in [2.75, 3.05) is 6.54 Å². The van der Waals surface area contributed by atoms with E-state index in [-0.39, 0.29) is 6.04 Å². The van der Waals surface area contributed by atoms with Gasteiger partial charge in [-0.25, -0.2) is 0 Å². The van der Waals surface area contributed by atoms with Gasteiger partial charge < -0.3 is 5.32 Å². The van der Waals surface area contributed by atoms with Crippen molar-refractivity contribution < 1.29 is 0 Å². The van der Waals surface area contributed by atoms with Crippen LogP contribution in [0.3, 0.4) is 0 Å². The minimum absolute atomic E-state index is 0.0834. The second-order valence-corrected chi connectivity index (χ2v) is 5.97. The number of nitrogens with zero attached hydrogens (tertiary/aromatic N) is 2. The maximum Gasteiger partial charge on any atom is 0.0837 e. The molecule has 6 heteroatoms. The molecule has 0 bridgehead atoms. The standard InChI is InChI=1S/C14H16BrCl2N3/c1-3-18-13(9-6-5-7-10(15)12(9)17)14-11(16)8-19-20(14)4-2/h5-8,13,18H,3-4H2,1-2H3. The van der Waals surface area contributed by atoms with Crippen LogP contribution in [0, 0.1) is 0 Å². The number of benzene rings is 1. The lowest BCUT2D eigenvalue weighted by atomic mass is 10.0. The first kappa shape index (κ1) is 15.8. The van der Waals surface area contributed by atoms with Crippen LogP contribution in [0.2, 0.25) is 10.0 Å². The molecule has 108 valence electrons. The van der Waals surface area contributed by atoms with Gasteiger partial charge in [-0.05, 0) is 41.0 Å². The van der Waals surface area contributed by atoms with E-state index in [0.717, 1.165) is 28.8 Å². The van der Waals surface area contributed by atoms with Crippen molar-refractivity contribution in [1.82, 2.24) is 15.1 Å². The van der Waals surface area contributed by atoms with Crippen LogP contribution < -0.4 is 5.32 Å². The predicted octanol–water partition coefficient (Wildman–Crippen LogP) is 4.67. The summed E-state index contributed by atoms with van der Waals surface area (Å²) in [6.45, 7) is 5.66. The first-order valence-electron chi connectivity index (χ1n) is 6.48. The summed E-state index contributed by atoms with van der Waals surface area (Å²) in [6.07, 6.45) is 1.68.